The molecule has 1 aliphatic heterocycles. The van der Waals surface area contributed by atoms with Gasteiger partial charge in [0.15, 0.2) is 0 Å². The lowest BCUT2D eigenvalue weighted by atomic mass is 9.93. The molecule has 2 nitrogen and oxygen atoms in total. The van der Waals surface area contributed by atoms with E-state index in [1.165, 1.54) is 0 Å². The largest absolute Gasteiger partial charge is 0.328 e. The second-order valence-corrected chi connectivity index (χ2v) is 3.55. The third-order valence-corrected chi connectivity index (χ3v) is 2.73. The van der Waals surface area contributed by atoms with E-state index in [1.807, 2.05) is 0 Å². The molecule has 1 saturated heterocycles. The highest BCUT2D eigenvalue weighted by molar-refractivity contribution is 4.78. The van der Waals surface area contributed by atoms with Crippen molar-refractivity contribution in [3.05, 3.63) is 0 Å². The van der Waals surface area contributed by atoms with Crippen LogP contribution in [0.25, 0.3) is 0 Å². The molecule has 1 rings (SSSR count). The van der Waals surface area contributed by atoms with Crippen molar-refractivity contribution in [1.29, 1.82) is 0 Å². The van der Waals surface area contributed by atoms with Gasteiger partial charge in [-0.05, 0) is 25.9 Å². The Kier molecular flexibility index (Phi) is 3.95. The molecular formula is C9H19FN2. The summed E-state index contributed by atoms with van der Waals surface area (Å²) in [7, 11) is 0. The number of likely N-dealkylation sites (tertiary alicyclic amines) is 1. The summed E-state index contributed by atoms with van der Waals surface area (Å²) in [6, 6.07) is 0. The number of hydrogen-bond acceptors (Lipinski definition) is 2. The fourth-order valence-electron chi connectivity index (χ4n) is 1.87. The summed E-state index contributed by atoms with van der Waals surface area (Å²) in [6.45, 7) is 5.37. The van der Waals surface area contributed by atoms with Crippen molar-refractivity contribution in [2.24, 2.45) is 11.7 Å². The molecule has 0 saturated carbocycles. The fraction of sp³-hybridized carbons (Fsp3) is 1.00. The van der Waals surface area contributed by atoms with Gasteiger partial charge in [0.1, 0.15) is 6.17 Å². The molecule has 0 aromatic rings. The Bertz CT molecular complexity index is 128. The van der Waals surface area contributed by atoms with Crippen LogP contribution in [0.5, 0.6) is 0 Å². The van der Waals surface area contributed by atoms with E-state index in [0.29, 0.717) is 0 Å². The van der Waals surface area contributed by atoms with Crippen LogP contribution in [0.15, 0.2) is 0 Å². The van der Waals surface area contributed by atoms with Gasteiger partial charge in [-0.2, -0.15) is 0 Å². The smallest absolute Gasteiger partial charge is 0.116 e. The van der Waals surface area contributed by atoms with Crippen LogP contribution in [-0.4, -0.2) is 37.3 Å². The van der Waals surface area contributed by atoms with Crippen LogP contribution in [0.4, 0.5) is 4.39 Å². The van der Waals surface area contributed by atoms with Crippen LogP contribution in [-0.2, 0) is 0 Å². The lowest BCUT2D eigenvalue weighted by molar-refractivity contribution is 0.116. The van der Waals surface area contributed by atoms with E-state index in [9.17, 15) is 4.39 Å². The van der Waals surface area contributed by atoms with Crippen LogP contribution in [0.1, 0.15) is 19.8 Å². The monoisotopic (exact) mass is 174 g/mol. The Morgan fingerprint density at radius 3 is 3.00 bits per heavy atom. The predicted octanol–water partition coefficient (Wildman–Crippen LogP) is 1.02. The minimum Gasteiger partial charge on any atom is -0.328 e. The molecule has 0 amide bonds. The molecule has 2 atom stereocenters. The number of piperidine rings is 1. The van der Waals surface area contributed by atoms with Crippen LogP contribution >= 0.6 is 0 Å². The third-order valence-electron chi connectivity index (χ3n) is 2.73. The maximum atomic E-state index is 13.2. The van der Waals surface area contributed by atoms with E-state index in [4.69, 9.17) is 5.73 Å². The van der Waals surface area contributed by atoms with Crippen molar-refractivity contribution in [3.63, 3.8) is 0 Å². The molecule has 0 radical (unpaired) electrons. The maximum Gasteiger partial charge on any atom is 0.116 e. The van der Waals surface area contributed by atoms with Crippen molar-refractivity contribution >= 4 is 0 Å². The normalized spacial score (nSPS) is 28.8. The number of nitrogens with zero attached hydrogens (tertiary/aromatic N) is 1. The van der Waals surface area contributed by atoms with Crippen molar-refractivity contribution in [1.82, 2.24) is 4.90 Å². The topological polar surface area (TPSA) is 29.3 Å². The molecule has 0 bridgehead atoms. The number of halogens is 1. The Morgan fingerprint density at radius 2 is 2.42 bits per heavy atom. The second-order valence-electron chi connectivity index (χ2n) is 3.55. The average Bonchev–Trinajstić information content (AvgIpc) is 2.17. The summed E-state index contributed by atoms with van der Waals surface area (Å²) in [4.78, 5) is 2.30. The van der Waals surface area contributed by atoms with Crippen molar-refractivity contribution < 1.29 is 4.39 Å². The molecule has 2 unspecified atom stereocenters. The van der Waals surface area contributed by atoms with Crippen LogP contribution in [0, 0.1) is 5.92 Å². The maximum absolute atomic E-state index is 13.2. The van der Waals surface area contributed by atoms with Crippen LogP contribution in [0.2, 0.25) is 0 Å². The summed E-state index contributed by atoms with van der Waals surface area (Å²) >= 11 is 0. The van der Waals surface area contributed by atoms with E-state index in [0.717, 1.165) is 32.5 Å². The Hall–Kier alpha value is -0.150. The first-order valence-corrected chi connectivity index (χ1v) is 4.84. The number of alkyl halides is 1. The Labute approximate surface area is 73.9 Å². The summed E-state index contributed by atoms with van der Waals surface area (Å²) < 4.78 is 13.2. The fourth-order valence-corrected chi connectivity index (χ4v) is 1.87. The Balaban J connectivity index is 2.34. The highest BCUT2D eigenvalue weighted by atomic mass is 19.1. The summed E-state index contributed by atoms with van der Waals surface area (Å²) in [5.74, 6) is 0.184. The van der Waals surface area contributed by atoms with E-state index in [1.54, 1.807) is 0 Å². The zero-order chi connectivity index (χ0) is 8.97. The quantitative estimate of drug-likeness (QED) is 0.692. The standard InChI is InChI=1S/C9H19FN2/c1-2-12-5-3-4-8(7-12)9(10)6-11/h8-9H,2-7,11H2,1H3. The molecule has 0 aromatic carbocycles. The van der Waals surface area contributed by atoms with Gasteiger partial charge in [0.25, 0.3) is 0 Å². The first kappa shape index (κ1) is 9.93. The molecule has 3 heteroatoms. The van der Waals surface area contributed by atoms with Crippen molar-refractivity contribution in [3.8, 4) is 0 Å². The number of nitrogens with two attached hydrogens (primary N) is 1. The van der Waals surface area contributed by atoms with Gasteiger partial charge in [-0.25, -0.2) is 4.39 Å². The lowest BCUT2D eigenvalue weighted by Gasteiger charge is -2.33. The first-order chi connectivity index (χ1) is 5.77. The van der Waals surface area contributed by atoms with Crippen molar-refractivity contribution in [2.45, 2.75) is 25.9 Å². The predicted molar refractivity (Wildman–Crippen MR) is 48.8 cm³/mol. The third kappa shape index (κ3) is 2.42. The molecule has 12 heavy (non-hydrogen) atoms. The molecule has 1 aliphatic rings. The summed E-state index contributed by atoms with van der Waals surface area (Å²) in [6.07, 6.45) is 1.34. The van der Waals surface area contributed by atoms with Crippen LogP contribution in [0.3, 0.4) is 0 Å². The van der Waals surface area contributed by atoms with E-state index < -0.39 is 6.17 Å². The van der Waals surface area contributed by atoms with Gasteiger partial charge >= 0.3 is 0 Å². The second kappa shape index (κ2) is 4.77. The van der Waals surface area contributed by atoms with Gasteiger partial charge in [-0.1, -0.05) is 6.92 Å². The number of hydrogen-bond donors (Lipinski definition) is 1. The van der Waals surface area contributed by atoms with E-state index in [2.05, 4.69) is 11.8 Å². The molecule has 0 aromatic heterocycles. The minimum absolute atomic E-state index is 0.183. The first-order valence-electron chi connectivity index (χ1n) is 4.84. The highest BCUT2D eigenvalue weighted by Crippen LogP contribution is 2.20. The highest BCUT2D eigenvalue weighted by Gasteiger charge is 2.25. The summed E-state index contributed by atoms with van der Waals surface area (Å²) in [5.41, 5.74) is 5.30. The molecule has 1 heterocycles. The molecule has 2 N–H and O–H groups in total. The van der Waals surface area contributed by atoms with Gasteiger partial charge in [0.05, 0.1) is 0 Å². The van der Waals surface area contributed by atoms with E-state index >= 15 is 0 Å². The summed E-state index contributed by atoms with van der Waals surface area (Å²) in [5, 5.41) is 0. The molecule has 0 spiro atoms. The van der Waals surface area contributed by atoms with Gasteiger partial charge in [-0.3, -0.25) is 0 Å². The molecule has 72 valence electrons. The zero-order valence-electron chi connectivity index (χ0n) is 7.80. The molecular weight excluding hydrogens is 155 g/mol. The van der Waals surface area contributed by atoms with Gasteiger partial charge in [0.2, 0.25) is 0 Å². The SMILES string of the molecule is CCN1CCCC(C(F)CN)C1. The minimum atomic E-state index is -0.792. The Morgan fingerprint density at radius 1 is 1.67 bits per heavy atom. The van der Waals surface area contributed by atoms with Gasteiger partial charge < -0.3 is 10.6 Å². The van der Waals surface area contributed by atoms with Crippen LogP contribution < -0.4 is 5.73 Å². The molecule has 0 aliphatic carbocycles. The molecule has 1 fully saturated rings. The average molecular weight is 174 g/mol. The number of rotatable bonds is 3. The van der Waals surface area contributed by atoms with Crippen molar-refractivity contribution in [2.75, 3.05) is 26.2 Å². The van der Waals surface area contributed by atoms with E-state index in [-0.39, 0.29) is 12.5 Å². The van der Waals surface area contributed by atoms with Gasteiger partial charge in [-0.15, -0.1) is 0 Å². The lowest BCUT2D eigenvalue weighted by Crippen LogP contribution is -2.40. The zero-order valence-corrected chi connectivity index (χ0v) is 7.80. The van der Waals surface area contributed by atoms with Gasteiger partial charge in [0, 0.05) is 19.0 Å².